The zero-order valence-corrected chi connectivity index (χ0v) is 11.5. The molecule has 2 nitrogen and oxygen atoms in total. The van der Waals surface area contributed by atoms with Crippen LogP contribution < -0.4 is 24.0 Å². The second-order valence-corrected chi connectivity index (χ2v) is 4.16. The van der Waals surface area contributed by atoms with Crippen LogP contribution in [0.4, 0.5) is 0 Å². The number of hydrogen-bond donors (Lipinski definition) is 0. The summed E-state index contributed by atoms with van der Waals surface area (Å²) in [6, 6.07) is 4.00. The van der Waals surface area contributed by atoms with Crippen LogP contribution in [0.5, 0.6) is 0 Å². The van der Waals surface area contributed by atoms with E-state index in [1.54, 1.807) is 6.26 Å². The lowest BCUT2D eigenvalue weighted by Crippen LogP contribution is -3.00. The maximum Gasteiger partial charge on any atom is 0.103 e. The first kappa shape index (κ1) is 14.0. The lowest BCUT2D eigenvalue weighted by molar-refractivity contribution is -0.888. The van der Waals surface area contributed by atoms with E-state index in [1.807, 2.05) is 12.1 Å². The van der Waals surface area contributed by atoms with Gasteiger partial charge in [-0.25, -0.2) is 0 Å². The Morgan fingerprint density at radius 1 is 1.36 bits per heavy atom. The Hall–Kier alpha value is -0.0300. The summed E-state index contributed by atoms with van der Waals surface area (Å²) in [5.74, 6) is 1.11. The van der Waals surface area contributed by atoms with Crippen LogP contribution in [0.25, 0.3) is 0 Å². The molecule has 1 heterocycles. The van der Waals surface area contributed by atoms with Gasteiger partial charge in [0.15, 0.2) is 0 Å². The van der Waals surface area contributed by atoms with Crippen LogP contribution in [0.3, 0.4) is 0 Å². The van der Waals surface area contributed by atoms with Gasteiger partial charge in [-0.1, -0.05) is 0 Å². The summed E-state index contributed by atoms with van der Waals surface area (Å²) in [5.41, 5.74) is 0. The largest absolute Gasteiger partial charge is 1.00 e. The van der Waals surface area contributed by atoms with Gasteiger partial charge in [0, 0.05) is 12.8 Å². The van der Waals surface area contributed by atoms with Crippen LogP contribution in [-0.4, -0.2) is 31.7 Å². The van der Waals surface area contributed by atoms with Crippen molar-refractivity contribution in [1.82, 2.24) is 0 Å². The lowest BCUT2D eigenvalue weighted by atomic mass is 10.2. The summed E-state index contributed by atoms with van der Waals surface area (Å²) in [7, 11) is 4.53. The smallest absolute Gasteiger partial charge is 0.103 e. The first-order valence-corrected chi connectivity index (χ1v) is 4.98. The van der Waals surface area contributed by atoms with E-state index in [2.05, 4.69) is 21.0 Å². The maximum atomic E-state index is 5.27. The van der Waals surface area contributed by atoms with Crippen molar-refractivity contribution in [3.8, 4) is 0 Å². The predicted octanol–water partition coefficient (Wildman–Crippen LogP) is -0.687. The van der Waals surface area contributed by atoms with E-state index in [0.29, 0.717) is 0 Å². The molecule has 0 radical (unpaired) electrons. The van der Waals surface area contributed by atoms with Crippen LogP contribution in [0.1, 0.15) is 19.1 Å². The molecule has 0 atom stereocenters. The number of rotatable bonds is 5. The normalized spacial score (nSPS) is 11.1. The number of quaternary nitrogens is 1. The van der Waals surface area contributed by atoms with Gasteiger partial charge in [0.1, 0.15) is 5.76 Å². The van der Waals surface area contributed by atoms with E-state index in [-0.39, 0.29) is 24.0 Å². The highest BCUT2D eigenvalue weighted by atomic mass is 127. The third-order valence-electron chi connectivity index (χ3n) is 2.62. The zero-order chi connectivity index (χ0) is 9.73. The average molecular weight is 309 g/mol. The van der Waals surface area contributed by atoms with Crippen molar-refractivity contribution in [3.63, 3.8) is 0 Å². The van der Waals surface area contributed by atoms with Gasteiger partial charge in [0.25, 0.3) is 0 Å². The van der Waals surface area contributed by atoms with Gasteiger partial charge < -0.3 is 32.9 Å². The Balaban J connectivity index is 0.00000169. The summed E-state index contributed by atoms with van der Waals surface area (Å²) >= 11 is 0. The molecule has 0 fully saturated rings. The molecule has 3 heteroatoms. The van der Waals surface area contributed by atoms with Gasteiger partial charge in [-0.05, 0) is 19.1 Å². The predicted molar refractivity (Wildman–Crippen MR) is 54.5 cm³/mol. The fraction of sp³-hybridized carbons (Fsp3) is 0.636. The van der Waals surface area contributed by atoms with Gasteiger partial charge in [0.2, 0.25) is 0 Å². The minimum absolute atomic E-state index is 0. The van der Waals surface area contributed by atoms with Crippen molar-refractivity contribution in [2.45, 2.75) is 19.8 Å². The SMILES string of the molecule is CC[N+](C)(C)CCCc1ccco1.[I-]. The van der Waals surface area contributed by atoms with Crippen LogP contribution >= 0.6 is 0 Å². The molecule has 14 heavy (non-hydrogen) atoms. The average Bonchev–Trinajstić information content (AvgIpc) is 2.57. The minimum Gasteiger partial charge on any atom is -1.00 e. The summed E-state index contributed by atoms with van der Waals surface area (Å²) < 4.78 is 6.37. The molecule has 0 aliphatic rings. The molecule has 0 saturated carbocycles. The van der Waals surface area contributed by atoms with E-state index in [9.17, 15) is 0 Å². The van der Waals surface area contributed by atoms with Gasteiger partial charge in [0.05, 0.1) is 33.4 Å². The molecule has 0 saturated heterocycles. The molecule has 0 N–H and O–H groups in total. The number of aryl methyl sites for hydroxylation is 1. The molecule has 0 unspecified atom stereocenters. The molecule has 0 spiro atoms. The monoisotopic (exact) mass is 309 g/mol. The molecule has 82 valence electrons. The third kappa shape index (κ3) is 5.00. The van der Waals surface area contributed by atoms with Gasteiger partial charge >= 0.3 is 0 Å². The highest BCUT2D eigenvalue weighted by Crippen LogP contribution is 2.06. The Kier molecular flexibility index (Phi) is 6.44. The van der Waals surface area contributed by atoms with Crippen molar-refractivity contribution in [1.29, 1.82) is 0 Å². The van der Waals surface area contributed by atoms with E-state index in [4.69, 9.17) is 4.42 Å². The minimum atomic E-state index is 0. The van der Waals surface area contributed by atoms with Crippen molar-refractivity contribution >= 4 is 0 Å². The van der Waals surface area contributed by atoms with Gasteiger partial charge in [-0.2, -0.15) is 0 Å². The van der Waals surface area contributed by atoms with Crippen LogP contribution in [-0.2, 0) is 6.42 Å². The Labute approximate surface area is 104 Å². The van der Waals surface area contributed by atoms with Gasteiger partial charge in [-0.15, -0.1) is 0 Å². The summed E-state index contributed by atoms with van der Waals surface area (Å²) in [6.45, 7) is 4.64. The molecule has 0 aliphatic carbocycles. The molecule has 0 aliphatic heterocycles. The lowest BCUT2D eigenvalue weighted by Gasteiger charge is -2.27. The Bertz CT molecular complexity index is 231. The molecule has 0 bridgehead atoms. The topological polar surface area (TPSA) is 13.1 Å². The number of hydrogen-bond acceptors (Lipinski definition) is 1. The number of halogens is 1. The zero-order valence-electron chi connectivity index (χ0n) is 9.29. The highest BCUT2D eigenvalue weighted by molar-refractivity contribution is 4.97. The quantitative estimate of drug-likeness (QED) is 0.519. The van der Waals surface area contributed by atoms with Crippen LogP contribution in [0.2, 0.25) is 0 Å². The van der Waals surface area contributed by atoms with Gasteiger partial charge in [-0.3, -0.25) is 0 Å². The molecule has 1 aromatic rings. The van der Waals surface area contributed by atoms with Crippen molar-refractivity contribution < 1.29 is 32.9 Å². The molecular weight excluding hydrogens is 289 g/mol. The molecule has 0 aromatic carbocycles. The first-order chi connectivity index (χ1) is 6.14. The summed E-state index contributed by atoms with van der Waals surface area (Å²) in [5, 5.41) is 0. The summed E-state index contributed by atoms with van der Waals surface area (Å²) in [4.78, 5) is 0. The van der Waals surface area contributed by atoms with E-state index in [1.165, 1.54) is 19.5 Å². The van der Waals surface area contributed by atoms with Crippen molar-refractivity contribution in [3.05, 3.63) is 24.2 Å². The molecule has 0 amide bonds. The summed E-state index contributed by atoms with van der Waals surface area (Å²) in [6.07, 6.45) is 4.01. The molecule has 1 aromatic heterocycles. The maximum absolute atomic E-state index is 5.27. The van der Waals surface area contributed by atoms with Crippen molar-refractivity contribution in [2.75, 3.05) is 27.2 Å². The van der Waals surface area contributed by atoms with Crippen molar-refractivity contribution in [2.24, 2.45) is 0 Å². The van der Waals surface area contributed by atoms with Crippen LogP contribution in [0.15, 0.2) is 22.8 Å². The fourth-order valence-electron chi connectivity index (χ4n) is 1.29. The molecular formula is C11H20INO. The second-order valence-electron chi connectivity index (χ2n) is 4.16. The standard InChI is InChI=1S/C11H20NO.HI/c1-4-12(2,3)9-5-7-11-8-6-10-13-11;/h6,8,10H,4-5,7,9H2,1-3H3;1H/q+1;/p-1. The second kappa shape index (κ2) is 6.45. The Morgan fingerprint density at radius 3 is 2.57 bits per heavy atom. The third-order valence-corrected chi connectivity index (χ3v) is 2.62. The van der Waals surface area contributed by atoms with E-state index < -0.39 is 0 Å². The first-order valence-electron chi connectivity index (χ1n) is 4.98. The highest BCUT2D eigenvalue weighted by Gasteiger charge is 2.10. The molecule has 1 rings (SSSR count). The van der Waals surface area contributed by atoms with Crippen LogP contribution in [0, 0.1) is 0 Å². The van der Waals surface area contributed by atoms with E-state index >= 15 is 0 Å². The fourth-order valence-corrected chi connectivity index (χ4v) is 1.29. The Morgan fingerprint density at radius 2 is 2.07 bits per heavy atom. The number of nitrogens with zero attached hydrogens (tertiary/aromatic N) is 1. The van der Waals surface area contributed by atoms with E-state index in [0.717, 1.165) is 16.7 Å². The number of furan rings is 1.